The van der Waals surface area contributed by atoms with E-state index in [9.17, 15) is 5.11 Å². The molecular formula is C21H16N2O. The van der Waals surface area contributed by atoms with Crippen molar-refractivity contribution in [1.29, 1.82) is 0 Å². The highest BCUT2D eigenvalue weighted by atomic mass is 16.3. The second-order valence-electron chi connectivity index (χ2n) is 5.61. The van der Waals surface area contributed by atoms with Gasteiger partial charge in [-0.05, 0) is 59.3 Å². The van der Waals surface area contributed by atoms with Crippen LogP contribution in [0.1, 0.15) is 5.69 Å². The number of fused-ring (bicyclic) bond motifs is 1. The van der Waals surface area contributed by atoms with Gasteiger partial charge >= 0.3 is 0 Å². The molecule has 0 unspecified atom stereocenters. The topological polar surface area (TPSA) is 37.5 Å². The molecule has 116 valence electrons. The number of aromatic nitrogens is 1. The van der Waals surface area contributed by atoms with Gasteiger partial charge in [-0.15, -0.1) is 0 Å². The Kier molecular flexibility index (Phi) is 3.60. The minimum absolute atomic E-state index is 0.261. The number of phenols is 1. The van der Waals surface area contributed by atoms with E-state index in [4.69, 9.17) is 0 Å². The first kappa shape index (κ1) is 14.3. The molecule has 4 aromatic rings. The van der Waals surface area contributed by atoms with Gasteiger partial charge in [0, 0.05) is 11.9 Å². The van der Waals surface area contributed by atoms with Gasteiger partial charge in [0.25, 0.3) is 0 Å². The lowest BCUT2D eigenvalue weighted by Crippen LogP contribution is -1.97. The van der Waals surface area contributed by atoms with Crippen LogP contribution in [0.4, 0.5) is 5.69 Å². The van der Waals surface area contributed by atoms with Crippen molar-refractivity contribution in [3.05, 3.63) is 90.8 Å². The Bertz CT molecular complexity index is 1010. The van der Waals surface area contributed by atoms with Crippen LogP contribution in [0.25, 0.3) is 16.5 Å². The first-order chi connectivity index (χ1) is 11.8. The number of nitrogens with zero attached hydrogens (tertiary/aromatic N) is 2. The van der Waals surface area contributed by atoms with E-state index in [1.54, 1.807) is 12.1 Å². The van der Waals surface area contributed by atoms with E-state index in [1.165, 1.54) is 10.8 Å². The SMILES string of the molecule is Oc1ccc(-n2cccc2C=Nc2ccc3ccccc3c2)cc1. The van der Waals surface area contributed by atoms with Crippen LogP contribution in [0, 0.1) is 0 Å². The minimum atomic E-state index is 0.261. The number of benzene rings is 3. The molecule has 0 radical (unpaired) electrons. The summed E-state index contributed by atoms with van der Waals surface area (Å²) in [6.07, 6.45) is 3.84. The molecule has 24 heavy (non-hydrogen) atoms. The predicted molar refractivity (Wildman–Crippen MR) is 98.6 cm³/mol. The maximum absolute atomic E-state index is 9.43. The highest BCUT2D eigenvalue weighted by Crippen LogP contribution is 2.21. The third-order valence-electron chi connectivity index (χ3n) is 3.99. The average molecular weight is 312 g/mol. The zero-order valence-electron chi connectivity index (χ0n) is 13.0. The van der Waals surface area contributed by atoms with Crippen LogP contribution in [0.3, 0.4) is 0 Å². The summed E-state index contributed by atoms with van der Waals surface area (Å²) in [4.78, 5) is 4.61. The summed E-state index contributed by atoms with van der Waals surface area (Å²) < 4.78 is 2.03. The summed E-state index contributed by atoms with van der Waals surface area (Å²) in [5.74, 6) is 0.261. The molecule has 0 bridgehead atoms. The van der Waals surface area contributed by atoms with E-state index in [0.29, 0.717) is 0 Å². The number of aliphatic imine (C=N–C) groups is 1. The van der Waals surface area contributed by atoms with Crippen LogP contribution >= 0.6 is 0 Å². The van der Waals surface area contributed by atoms with Crippen molar-refractivity contribution < 1.29 is 5.11 Å². The summed E-state index contributed by atoms with van der Waals surface area (Å²) in [5, 5.41) is 11.8. The maximum Gasteiger partial charge on any atom is 0.115 e. The molecule has 3 aromatic carbocycles. The van der Waals surface area contributed by atoms with E-state index in [-0.39, 0.29) is 5.75 Å². The molecule has 4 rings (SSSR count). The molecule has 0 saturated carbocycles. The standard InChI is InChI=1S/C21H16N2O/c24-21-11-9-19(10-12-21)23-13-3-6-20(23)15-22-18-8-7-16-4-1-2-5-17(16)14-18/h1-15,24H. The molecule has 3 nitrogen and oxygen atoms in total. The molecule has 0 aliphatic heterocycles. The molecular weight excluding hydrogens is 296 g/mol. The normalized spacial score (nSPS) is 11.3. The number of rotatable bonds is 3. The van der Waals surface area contributed by atoms with Crippen LogP contribution in [-0.2, 0) is 0 Å². The molecule has 0 spiro atoms. The van der Waals surface area contributed by atoms with Gasteiger partial charge < -0.3 is 9.67 Å². The second kappa shape index (κ2) is 6.05. The van der Waals surface area contributed by atoms with Gasteiger partial charge in [0.15, 0.2) is 0 Å². The van der Waals surface area contributed by atoms with Crippen molar-refractivity contribution in [2.75, 3.05) is 0 Å². The molecule has 1 N–H and O–H groups in total. The molecule has 1 aromatic heterocycles. The minimum Gasteiger partial charge on any atom is -0.508 e. The van der Waals surface area contributed by atoms with Crippen LogP contribution in [-0.4, -0.2) is 15.9 Å². The Morgan fingerprint density at radius 2 is 1.58 bits per heavy atom. The van der Waals surface area contributed by atoms with Gasteiger partial charge in [0.2, 0.25) is 0 Å². The number of hydrogen-bond acceptors (Lipinski definition) is 2. The smallest absolute Gasteiger partial charge is 0.115 e. The highest BCUT2D eigenvalue weighted by Gasteiger charge is 2.01. The summed E-state index contributed by atoms with van der Waals surface area (Å²) in [5.41, 5.74) is 2.89. The van der Waals surface area contributed by atoms with Gasteiger partial charge in [-0.3, -0.25) is 4.99 Å². The Morgan fingerprint density at radius 1 is 0.792 bits per heavy atom. The molecule has 0 fully saturated rings. The zero-order chi connectivity index (χ0) is 16.4. The molecule has 1 heterocycles. The lowest BCUT2D eigenvalue weighted by Gasteiger charge is -2.06. The Morgan fingerprint density at radius 3 is 2.42 bits per heavy atom. The maximum atomic E-state index is 9.43. The van der Waals surface area contributed by atoms with E-state index in [0.717, 1.165) is 17.1 Å². The molecule has 0 aliphatic rings. The summed E-state index contributed by atoms with van der Waals surface area (Å²) in [7, 11) is 0. The number of phenolic OH excluding ortho intramolecular Hbond substituents is 1. The zero-order valence-corrected chi connectivity index (χ0v) is 13.0. The van der Waals surface area contributed by atoms with Crippen molar-refractivity contribution in [2.24, 2.45) is 4.99 Å². The average Bonchev–Trinajstić information content (AvgIpc) is 3.09. The molecule has 0 aliphatic carbocycles. The first-order valence-corrected chi connectivity index (χ1v) is 7.79. The predicted octanol–water partition coefficient (Wildman–Crippen LogP) is 5.09. The lowest BCUT2D eigenvalue weighted by atomic mass is 10.1. The quantitative estimate of drug-likeness (QED) is 0.526. The second-order valence-corrected chi connectivity index (χ2v) is 5.61. The fraction of sp³-hybridized carbons (Fsp3) is 0. The van der Waals surface area contributed by atoms with Gasteiger partial charge in [-0.2, -0.15) is 0 Å². The number of hydrogen-bond donors (Lipinski definition) is 1. The van der Waals surface area contributed by atoms with Crippen molar-refractivity contribution in [1.82, 2.24) is 4.57 Å². The third-order valence-corrected chi connectivity index (χ3v) is 3.99. The van der Waals surface area contributed by atoms with E-state index in [2.05, 4.69) is 29.3 Å². The van der Waals surface area contributed by atoms with Crippen molar-refractivity contribution in [2.45, 2.75) is 0 Å². The largest absolute Gasteiger partial charge is 0.508 e. The molecule has 0 saturated heterocycles. The van der Waals surface area contributed by atoms with Crippen LogP contribution in [0.2, 0.25) is 0 Å². The van der Waals surface area contributed by atoms with E-state index < -0.39 is 0 Å². The number of aromatic hydroxyl groups is 1. The summed E-state index contributed by atoms with van der Waals surface area (Å²) in [6, 6.07) is 25.6. The molecule has 0 amide bonds. The van der Waals surface area contributed by atoms with Crippen molar-refractivity contribution >= 4 is 22.7 Å². The fourth-order valence-electron chi connectivity index (χ4n) is 2.75. The third kappa shape index (κ3) is 2.79. The molecule has 0 atom stereocenters. The van der Waals surface area contributed by atoms with Crippen LogP contribution in [0.15, 0.2) is 90.1 Å². The Labute approximate surface area is 140 Å². The van der Waals surface area contributed by atoms with Crippen molar-refractivity contribution in [3.63, 3.8) is 0 Å². The first-order valence-electron chi connectivity index (χ1n) is 7.79. The summed E-state index contributed by atoms with van der Waals surface area (Å²) >= 11 is 0. The van der Waals surface area contributed by atoms with Crippen LogP contribution in [0.5, 0.6) is 5.75 Å². The van der Waals surface area contributed by atoms with Crippen molar-refractivity contribution in [3.8, 4) is 11.4 Å². The monoisotopic (exact) mass is 312 g/mol. The van der Waals surface area contributed by atoms with Gasteiger partial charge in [0.05, 0.1) is 17.6 Å². The lowest BCUT2D eigenvalue weighted by molar-refractivity contribution is 0.475. The van der Waals surface area contributed by atoms with Gasteiger partial charge in [0.1, 0.15) is 5.75 Å². The Hall–Kier alpha value is -3.33. The Balaban J connectivity index is 1.66. The van der Waals surface area contributed by atoms with Gasteiger partial charge in [-0.1, -0.05) is 30.3 Å². The molecule has 3 heteroatoms. The fourth-order valence-corrected chi connectivity index (χ4v) is 2.75. The summed E-state index contributed by atoms with van der Waals surface area (Å²) in [6.45, 7) is 0. The van der Waals surface area contributed by atoms with E-state index in [1.807, 2.05) is 59.4 Å². The van der Waals surface area contributed by atoms with Crippen LogP contribution < -0.4 is 0 Å². The highest BCUT2D eigenvalue weighted by molar-refractivity contribution is 5.87. The van der Waals surface area contributed by atoms with E-state index >= 15 is 0 Å². The van der Waals surface area contributed by atoms with Gasteiger partial charge in [-0.25, -0.2) is 0 Å².